The van der Waals surface area contributed by atoms with Gasteiger partial charge in [0.05, 0.1) is 23.9 Å². The molecule has 0 aliphatic rings. The fourth-order valence-electron chi connectivity index (χ4n) is 2.84. The van der Waals surface area contributed by atoms with Crippen molar-refractivity contribution < 1.29 is 15.0 Å². The zero-order valence-corrected chi connectivity index (χ0v) is 17.3. The Balaban J connectivity index is 0.00000155. The number of nitriles is 1. The van der Waals surface area contributed by atoms with Crippen LogP contribution in [0.4, 0.5) is 0 Å². The number of aromatic nitrogens is 1. The number of aliphatic hydroxyl groups is 1. The van der Waals surface area contributed by atoms with E-state index in [-0.39, 0.29) is 24.8 Å². The van der Waals surface area contributed by atoms with Gasteiger partial charge < -0.3 is 15.5 Å². The summed E-state index contributed by atoms with van der Waals surface area (Å²) in [6.45, 7) is 5.46. The van der Waals surface area contributed by atoms with E-state index in [0.29, 0.717) is 27.9 Å². The third kappa shape index (κ3) is 5.22. The lowest BCUT2D eigenvalue weighted by molar-refractivity contribution is 0.0950. The molecule has 3 rings (SSSR count). The Morgan fingerprint density at radius 1 is 1.07 bits per heavy atom. The molecule has 2 aromatic carbocycles. The Kier molecular flexibility index (Phi) is 8.09. The lowest BCUT2D eigenvalue weighted by atomic mass is 10.0. The molecule has 0 saturated heterocycles. The van der Waals surface area contributed by atoms with Crippen LogP contribution in [0.1, 0.15) is 46.6 Å². The Labute approximate surface area is 176 Å². The molecule has 0 radical (unpaired) electrons. The van der Waals surface area contributed by atoms with E-state index in [4.69, 9.17) is 5.26 Å². The Bertz CT molecular complexity index is 1040. The normalized spacial score (nSPS) is 9.83. The summed E-state index contributed by atoms with van der Waals surface area (Å²) in [6.07, 6.45) is 1.54. The third-order valence-corrected chi connectivity index (χ3v) is 4.52. The minimum atomic E-state index is -0.334. The first-order valence-electron chi connectivity index (χ1n) is 9.69. The van der Waals surface area contributed by atoms with Crippen molar-refractivity contribution >= 4 is 5.91 Å². The SMILES string of the molecule is CC.Cc1ncc(CNC(=O)c2ccc(-c3ccc(C#N)cc3)cc2)c(CO)c1O. The smallest absolute Gasteiger partial charge is 0.251 e. The Morgan fingerprint density at radius 3 is 2.17 bits per heavy atom. The van der Waals surface area contributed by atoms with Crippen LogP contribution in [-0.2, 0) is 13.2 Å². The second-order valence-corrected chi connectivity index (χ2v) is 6.30. The van der Waals surface area contributed by atoms with Crippen LogP contribution in [0, 0.1) is 18.3 Å². The number of aryl methyl sites for hydroxylation is 1. The van der Waals surface area contributed by atoms with Gasteiger partial charge in [-0.15, -0.1) is 0 Å². The molecule has 0 aliphatic heterocycles. The second kappa shape index (κ2) is 10.7. The van der Waals surface area contributed by atoms with Gasteiger partial charge in [-0.05, 0) is 47.9 Å². The van der Waals surface area contributed by atoms with Crippen molar-refractivity contribution in [3.05, 3.63) is 82.7 Å². The zero-order chi connectivity index (χ0) is 22.1. The molecule has 3 aromatic rings. The highest BCUT2D eigenvalue weighted by Gasteiger charge is 2.12. The molecule has 0 atom stereocenters. The summed E-state index contributed by atoms with van der Waals surface area (Å²) in [4.78, 5) is 16.5. The fraction of sp³-hybridized carbons (Fsp3) is 0.208. The Hall–Kier alpha value is -3.69. The number of pyridine rings is 1. The minimum Gasteiger partial charge on any atom is -0.506 e. The van der Waals surface area contributed by atoms with Crippen LogP contribution in [0.5, 0.6) is 5.75 Å². The van der Waals surface area contributed by atoms with Gasteiger partial charge in [-0.3, -0.25) is 9.78 Å². The molecule has 3 N–H and O–H groups in total. The van der Waals surface area contributed by atoms with Gasteiger partial charge in [-0.2, -0.15) is 5.26 Å². The second-order valence-electron chi connectivity index (χ2n) is 6.30. The van der Waals surface area contributed by atoms with E-state index in [2.05, 4.69) is 16.4 Å². The molecule has 30 heavy (non-hydrogen) atoms. The number of aliphatic hydroxyl groups excluding tert-OH is 1. The molecule has 0 unspecified atom stereocenters. The topological polar surface area (TPSA) is 106 Å². The molecule has 0 spiro atoms. The van der Waals surface area contributed by atoms with Crippen molar-refractivity contribution in [1.82, 2.24) is 10.3 Å². The van der Waals surface area contributed by atoms with Crippen LogP contribution in [0.3, 0.4) is 0 Å². The first kappa shape index (κ1) is 22.6. The molecule has 0 fully saturated rings. The van der Waals surface area contributed by atoms with Crippen LogP contribution >= 0.6 is 0 Å². The van der Waals surface area contributed by atoms with Gasteiger partial charge in [0.25, 0.3) is 5.91 Å². The molecule has 1 aromatic heterocycles. The molecular weight excluding hydrogens is 378 g/mol. The van der Waals surface area contributed by atoms with Crippen LogP contribution in [0.25, 0.3) is 11.1 Å². The van der Waals surface area contributed by atoms with Crippen LogP contribution in [0.15, 0.2) is 54.7 Å². The summed E-state index contributed by atoms with van der Waals surface area (Å²) in [5.74, 6) is -0.323. The standard InChI is InChI=1S/C22H19N3O3.C2H6/c1-14-21(27)20(13-26)19(11-24-14)12-25-22(28)18-8-6-17(7-9-18)16-4-2-15(10-23)3-5-16;1-2/h2-9,11,26-27H,12-13H2,1H3,(H,25,28);1-2H3. The number of carbonyl (C=O) groups excluding carboxylic acids is 1. The van der Waals surface area contributed by atoms with Crippen LogP contribution in [0.2, 0.25) is 0 Å². The summed E-state index contributed by atoms with van der Waals surface area (Å²) in [5.41, 5.74) is 4.34. The number of carbonyl (C=O) groups is 1. The number of nitrogens with one attached hydrogen (secondary N) is 1. The molecule has 6 heteroatoms. The van der Waals surface area contributed by atoms with Gasteiger partial charge in [0.1, 0.15) is 5.75 Å². The third-order valence-electron chi connectivity index (χ3n) is 4.52. The van der Waals surface area contributed by atoms with Gasteiger partial charge in [-0.25, -0.2) is 0 Å². The van der Waals surface area contributed by atoms with E-state index < -0.39 is 0 Å². The molecule has 0 bridgehead atoms. The summed E-state index contributed by atoms with van der Waals surface area (Å²) >= 11 is 0. The number of benzene rings is 2. The molecule has 0 aliphatic carbocycles. The van der Waals surface area contributed by atoms with E-state index in [1.807, 2.05) is 38.1 Å². The highest BCUT2D eigenvalue weighted by molar-refractivity contribution is 5.94. The number of hydrogen-bond acceptors (Lipinski definition) is 5. The first-order chi connectivity index (χ1) is 14.5. The summed E-state index contributed by atoms with van der Waals surface area (Å²) in [6, 6.07) is 16.4. The van der Waals surface area contributed by atoms with Gasteiger partial charge in [0, 0.05) is 23.9 Å². The van der Waals surface area contributed by atoms with Crippen molar-refractivity contribution in [2.24, 2.45) is 0 Å². The van der Waals surface area contributed by atoms with Gasteiger partial charge >= 0.3 is 0 Å². The average molecular weight is 403 g/mol. The highest BCUT2D eigenvalue weighted by Crippen LogP contribution is 2.24. The number of rotatable bonds is 5. The Morgan fingerprint density at radius 2 is 1.63 bits per heavy atom. The lowest BCUT2D eigenvalue weighted by Gasteiger charge is -2.12. The summed E-state index contributed by atoms with van der Waals surface area (Å²) < 4.78 is 0. The lowest BCUT2D eigenvalue weighted by Crippen LogP contribution is -2.23. The number of nitrogens with zero attached hydrogens (tertiary/aromatic N) is 2. The fourth-order valence-corrected chi connectivity index (χ4v) is 2.84. The van der Waals surface area contributed by atoms with E-state index in [0.717, 1.165) is 11.1 Å². The summed E-state index contributed by atoms with van der Waals surface area (Å²) in [5, 5.41) is 31.1. The predicted molar refractivity (Wildman–Crippen MR) is 116 cm³/mol. The maximum absolute atomic E-state index is 12.4. The van der Waals surface area contributed by atoms with E-state index in [1.54, 1.807) is 31.2 Å². The quantitative estimate of drug-likeness (QED) is 0.595. The average Bonchev–Trinajstić information content (AvgIpc) is 2.81. The minimum absolute atomic E-state index is 0.0546. The van der Waals surface area contributed by atoms with Crippen molar-refractivity contribution in [1.29, 1.82) is 5.26 Å². The maximum atomic E-state index is 12.4. The largest absolute Gasteiger partial charge is 0.506 e. The molecular formula is C24H25N3O3. The molecule has 1 amide bonds. The van der Waals surface area contributed by atoms with Crippen LogP contribution in [-0.4, -0.2) is 21.1 Å². The predicted octanol–water partition coefficient (Wildman–Crippen LogP) is 4.08. The molecule has 1 heterocycles. The van der Waals surface area contributed by atoms with Gasteiger partial charge in [0.15, 0.2) is 0 Å². The first-order valence-corrected chi connectivity index (χ1v) is 9.69. The highest BCUT2D eigenvalue weighted by atomic mass is 16.3. The van der Waals surface area contributed by atoms with Gasteiger partial charge in [-0.1, -0.05) is 38.1 Å². The van der Waals surface area contributed by atoms with Crippen molar-refractivity contribution in [2.75, 3.05) is 0 Å². The van der Waals surface area contributed by atoms with Crippen molar-refractivity contribution in [2.45, 2.75) is 33.9 Å². The molecule has 154 valence electrons. The van der Waals surface area contributed by atoms with Crippen LogP contribution < -0.4 is 5.32 Å². The van der Waals surface area contributed by atoms with Gasteiger partial charge in [0.2, 0.25) is 0 Å². The number of amides is 1. The number of hydrogen-bond donors (Lipinski definition) is 3. The zero-order valence-electron chi connectivity index (χ0n) is 17.3. The van der Waals surface area contributed by atoms with Crippen molar-refractivity contribution in [3.63, 3.8) is 0 Å². The maximum Gasteiger partial charge on any atom is 0.251 e. The van der Waals surface area contributed by atoms with E-state index >= 15 is 0 Å². The monoisotopic (exact) mass is 403 g/mol. The van der Waals surface area contributed by atoms with Crippen molar-refractivity contribution in [3.8, 4) is 22.9 Å². The molecule has 6 nitrogen and oxygen atoms in total. The van der Waals surface area contributed by atoms with E-state index in [1.165, 1.54) is 6.20 Å². The van der Waals surface area contributed by atoms with E-state index in [9.17, 15) is 15.0 Å². The summed E-state index contributed by atoms with van der Waals surface area (Å²) in [7, 11) is 0. The number of aromatic hydroxyl groups is 1. The molecule has 0 saturated carbocycles.